The lowest BCUT2D eigenvalue weighted by atomic mass is 9.69. The van der Waals surface area contributed by atoms with Gasteiger partial charge in [-0.25, -0.2) is 0 Å². The number of nitrogens with zero attached hydrogens (tertiary/aromatic N) is 5. The van der Waals surface area contributed by atoms with E-state index in [1.54, 1.807) is 0 Å². The number of hydrogen-bond acceptors (Lipinski definition) is 4. The van der Waals surface area contributed by atoms with Crippen LogP contribution in [0.15, 0.2) is 36.7 Å². The Balaban J connectivity index is 1.33. The van der Waals surface area contributed by atoms with E-state index in [1.807, 2.05) is 6.33 Å². The zero-order valence-corrected chi connectivity index (χ0v) is 19.7. The van der Waals surface area contributed by atoms with Gasteiger partial charge in [-0.2, -0.15) is 0 Å². The molecule has 1 aromatic carbocycles. The molecule has 0 N–H and O–H groups in total. The Morgan fingerprint density at radius 3 is 2.44 bits per heavy atom. The molecule has 1 spiro atoms. The largest absolute Gasteiger partial charge is 0.342 e. The molecule has 2 saturated heterocycles. The minimum absolute atomic E-state index is 0.138. The van der Waals surface area contributed by atoms with Crippen molar-refractivity contribution in [1.29, 1.82) is 0 Å². The van der Waals surface area contributed by atoms with Gasteiger partial charge in [-0.15, -0.1) is 10.2 Å². The minimum atomic E-state index is -0.138. The maximum absolute atomic E-state index is 13.4. The van der Waals surface area contributed by atoms with Gasteiger partial charge >= 0.3 is 0 Å². The molecule has 5 rings (SSSR count). The van der Waals surface area contributed by atoms with Gasteiger partial charge in [0.05, 0.1) is 0 Å². The van der Waals surface area contributed by atoms with Crippen molar-refractivity contribution in [2.75, 3.05) is 26.2 Å². The second-order valence-corrected chi connectivity index (χ2v) is 10.8. The first-order chi connectivity index (χ1) is 15.5. The normalized spacial score (nSPS) is 25.3. The van der Waals surface area contributed by atoms with Gasteiger partial charge in [0.2, 0.25) is 5.91 Å². The zero-order valence-electron chi connectivity index (χ0n) is 19.7. The Hall–Kier alpha value is -2.21. The summed E-state index contributed by atoms with van der Waals surface area (Å²) in [4.78, 5) is 18.2. The molecule has 6 nitrogen and oxygen atoms in total. The number of rotatable bonds is 4. The van der Waals surface area contributed by atoms with Crippen LogP contribution in [-0.4, -0.2) is 56.7 Å². The number of piperidine rings is 1. The maximum atomic E-state index is 13.4. The Morgan fingerprint density at radius 1 is 1.06 bits per heavy atom. The van der Waals surface area contributed by atoms with E-state index >= 15 is 0 Å². The molecular formula is C26H37N5O. The average Bonchev–Trinajstić information content (AvgIpc) is 3.38. The summed E-state index contributed by atoms with van der Waals surface area (Å²) in [7, 11) is 2.06. The molecule has 3 heterocycles. The SMILES string of the molecule is Cn1cnnc1C1CN(Cc2ccccc2)CC12CCN(C(=O)C1(C)CCCCC1)CC2. The summed E-state index contributed by atoms with van der Waals surface area (Å²) in [6.45, 7) is 7.01. The van der Waals surface area contributed by atoms with E-state index < -0.39 is 0 Å². The van der Waals surface area contributed by atoms with E-state index in [0.717, 1.165) is 64.2 Å². The molecule has 1 amide bonds. The number of amides is 1. The van der Waals surface area contributed by atoms with Crippen molar-refractivity contribution in [2.45, 2.75) is 64.3 Å². The zero-order chi connectivity index (χ0) is 22.2. The third kappa shape index (κ3) is 3.98. The molecule has 3 fully saturated rings. The van der Waals surface area contributed by atoms with Crippen LogP contribution < -0.4 is 0 Å². The minimum Gasteiger partial charge on any atom is -0.342 e. The highest BCUT2D eigenvalue weighted by atomic mass is 16.2. The first-order valence-corrected chi connectivity index (χ1v) is 12.4. The first-order valence-electron chi connectivity index (χ1n) is 12.4. The number of likely N-dealkylation sites (tertiary alicyclic amines) is 2. The molecule has 0 radical (unpaired) electrons. The Morgan fingerprint density at radius 2 is 1.78 bits per heavy atom. The number of benzene rings is 1. The van der Waals surface area contributed by atoms with Crippen molar-refractivity contribution < 1.29 is 4.79 Å². The van der Waals surface area contributed by atoms with E-state index in [0.29, 0.717) is 11.8 Å². The van der Waals surface area contributed by atoms with Crippen LogP contribution in [0.4, 0.5) is 0 Å². The summed E-state index contributed by atoms with van der Waals surface area (Å²) in [6.07, 6.45) is 9.72. The van der Waals surface area contributed by atoms with E-state index in [-0.39, 0.29) is 10.8 Å². The van der Waals surface area contributed by atoms with E-state index in [1.165, 1.54) is 24.8 Å². The van der Waals surface area contributed by atoms with Crippen molar-refractivity contribution in [2.24, 2.45) is 17.9 Å². The van der Waals surface area contributed by atoms with Crippen LogP contribution in [0.1, 0.15) is 69.2 Å². The molecule has 172 valence electrons. The van der Waals surface area contributed by atoms with E-state index in [9.17, 15) is 4.79 Å². The summed E-state index contributed by atoms with van der Waals surface area (Å²) in [5.74, 6) is 1.86. The quantitative estimate of drug-likeness (QED) is 0.729. The van der Waals surface area contributed by atoms with Gasteiger partial charge in [0.1, 0.15) is 12.2 Å². The highest BCUT2D eigenvalue weighted by Crippen LogP contribution is 2.50. The molecule has 2 aliphatic heterocycles. The molecular weight excluding hydrogens is 398 g/mol. The van der Waals surface area contributed by atoms with Crippen LogP contribution in [-0.2, 0) is 18.4 Å². The van der Waals surface area contributed by atoms with Crippen molar-refractivity contribution in [3.8, 4) is 0 Å². The predicted molar refractivity (Wildman–Crippen MR) is 125 cm³/mol. The van der Waals surface area contributed by atoms with Crippen molar-refractivity contribution in [3.05, 3.63) is 48.0 Å². The second-order valence-electron chi connectivity index (χ2n) is 10.8. The van der Waals surface area contributed by atoms with Gasteiger partial charge < -0.3 is 9.47 Å². The van der Waals surface area contributed by atoms with Gasteiger partial charge in [-0.05, 0) is 36.7 Å². The fourth-order valence-corrected chi connectivity index (χ4v) is 6.59. The van der Waals surface area contributed by atoms with E-state index in [2.05, 4.69) is 68.9 Å². The summed E-state index contributed by atoms with van der Waals surface area (Å²) in [6, 6.07) is 10.8. The summed E-state index contributed by atoms with van der Waals surface area (Å²) < 4.78 is 2.10. The van der Waals surface area contributed by atoms with Crippen LogP contribution in [0.2, 0.25) is 0 Å². The lowest BCUT2D eigenvalue weighted by Gasteiger charge is -2.45. The fraction of sp³-hybridized carbons (Fsp3) is 0.654. The van der Waals surface area contributed by atoms with Crippen LogP contribution in [0.25, 0.3) is 0 Å². The standard InChI is InChI=1S/C26H37N5O/c1-25(11-7-4-8-12-25)24(32)31-15-13-26(14-16-31)19-30(17-21-9-5-3-6-10-21)18-22(26)23-28-27-20-29(23)2/h3,5-6,9-10,20,22H,4,7-8,11-19H2,1-2H3. The molecule has 0 bridgehead atoms. The van der Waals surface area contributed by atoms with Crippen LogP contribution in [0.5, 0.6) is 0 Å². The molecule has 1 unspecified atom stereocenters. The lowest BCUT2D eigenvalue weighted by molar-refractivity contribution is -0.145. The number of carbonyl (C=O) groups excluding carboxylic acids is 1. The molecule has 1 aliphatic carbocycles. The van der Waals surface area contributed by atoms with Crippen LogP contribution in [0.3, 0.4) is 0 Å². The Kier molecular flexibility index (Phi) is 5.82. The number of aromatic nitrogens is 3. The van der Waals surface area contributed by atoms with Crippen LogP contribution >= 0.6 is 0 Å². The first kappa shape index (κ1) is 21.6. The van der Waals surface area contributed by atoms with Crippen LogP contribution in [0, 0.1) is 10.8 Å². The fourth-order valence-electron chi connectivity index (χ4n) is 6.59. The highest BCUT2D eigenvalue weighted by molar-refractivity contribution is 5.82. The van der Waals surface area contributed by atoms with E-state index in [4.69, 9.17) is 0 Å². The third-order valence-electron chi connectivity index (χ3n) is 8.55. The Labute approximate surface area is 192 Å². The number of aryl methyl sites for hydroxylation is 1. The average molecular weight is 436 g/mol. The smallest absolute Gasteiger partial charge is 0.228 e. The van der Waals surface area contributed by atoms with Gasteiger partial charge in [0.15, 0.2) is 0 Å². The van der Waals surface area contributed by atoms with Gasteiger partial charge in [-0.3, -0.25) is 9.69 Å². The molecule has 6 heteroatoms. The van der Waals surface area contributed by atoms with Gasteiger partial charge in [-0.1, -0.05) is 56.5 Å². The number of carbonyl (C=O) groups is 1. The highest BCUT2D eigenvalue weighted by Gasteiger charge is 2.51. The molecule has 1 saturated carbocycles. The monoisotopic (exact) mass is 435 g/mol. The van der Waals surface area contributed by atoms with Crippen molar-refractivity contribution in [1.82, 2.24) is 24.6 Å². The molecule has 2 aromatic rings. The number of hydrogen-bond donors (Lipinski definition) is 0. The van der Waals surface area contributed by atoms with Gasteiger partial charge in [0.25, 0.3) is 0 Å². The Bertz CT molecular complexity index is 925. The summed E-state index contributed by atoms with van der Waals surface area (Å²) in [5, 5.41) is 8.73. The van der Waals surface area contributed by atoms with Crippen molar-refractivity contribution in [3.63, 3.8) is 0 Å². The lowest BCUT2D eigenvalue weighted by Crippen LogP contribution is -2.50. The predicted octanol–water partition coefficient (Wildman–Crippen LogP) is 3.99. The summed E-state index contributed by atoms with van der Waals surface area (Å²) in [5.41, 5.74) is 1.39. The summed E-state index contributed by atoms with van der Waals surface area (Å²) >= 11 is 0. The molecule has 1 aromatic heterocycles. The molecule has 1 atom stereocenters. The maximum Gasteiger partial charge on any atom is 0.228 e. The topological polar surface area (TPSA) is 54.3 Å². The van der Waals surface area contributed by atoms with Crippen molar-refractivity contribution >= 4 is 5.91 Å². The molecule has 3 aliphatic rings. The van der Waals surface area contributed by atoms with Gasteiger partial charge in [0, 0.05) is 51.1 Å². The molecule has 32 heavy (non-hydrogen) atoms. The third-order valence-corrected chi connectivity index (χ3v) is 8.55. The second kappa shape index (κ2) is 8.62.